The average Bonchev–Trinajstić information content (AvgIpc) is 3.35. The Bertz CT molecular complexity index is 1750. The summed E-state index contributed by atoms with van der Waals surface area (Å²) >= 11 is 7.90. The number of carbonyl (C=O) groups excluding carboxylic acids is 1. The number of anilines is 1. The fourth-order valence-electron chi connectivity index (χ4n) is 5.81. The molecule has 3 aromatic carbocycles. The fourth-order valence-corrected chi connectivity index (χ4v) is 8.00. The molecule has 0 bridgehead atoms. The number of benzene rings is 3. The molecule has 1 aliphatic carbocycles. The lowest BCUT2D eigenvalue weighted by Gasteiger charge is -2.37. The summed E-state index contributed by atoms with van der Waals surface area (Å²) in [5, 5.41) is 4.23. The van der Waals surface area contributed by atoms with Crippen LogP contribution in [0.15, 0.2) is 54.6 Å². The molecule has 11 heteroatoms. The highest BCUT2D eigenvalue weighted by Crippen LogP contribution is 2.41. The molecule has 1 aliphatic rings. The molecule has 0 radical (unpaired) electrons. The van der Waals surface area contributed by atoms with Gasteiger partial charge in [-0.3, -0.25) is 9.52 Å². The van der Waals surface area contributed by atoms with Gasteiger partial charge in [0.05, 0.1) is 23.1 Å². The Morgan fingerprint density at radius 2 is 1.74 bits per heavy atom. The normalized spacial score (nSPS) is 17.2. The van der Waals surface area contributed by atoms with E-state index in [1.54, 1.807) is 25.3 Å². The number of amides is 1. The van der Waals surface area contributed by atoms with Crippen molar-refractivity contribution in [2.24, 2.45) is 0 Å². The van der Waals surface area contributed by atoms with Gasteiger partial charge in [-0.05, 0) is 86.7 Å². The summed E-state index contributed by atoms with van der Waals surface area (Å²) in [6.45, 7) is 2.15. The van der Waals surface area contributed by atoms with E-state index in [0.717, 1.165) is 65.5 Å². The van der Waals surface area contributed by atoms with Crippen LogP contribution in [0.3, 0.4) is 0 Å². The Morgan fingerprint density at radius 3 is 2.35 bits per heavy atom. The number of hydrogen-bond donors (Lipinski definition) is 2. The lowest BCUT2D eigenvalue weighted by molar-refractivity contribution is 0.0604. The first kappa shape index (κ1) is 31.3. The third-order valence-corrected chi connectivity index (χ3v) is 10.4. The molecule has 0 spiro atoms. The zero-order valence-corrected chi connectivity index (χ0v) is 26.9. The first-order chi connectivity index (χ1) is 20.5. The van der Waals surface area contributed by atoms with Crippen molar-refractivity contribution in [3.8, 4) is 16.9 Å². The highest BCUT2D eigenvalue weighted by Gasteiger charge is 2.32. The van der Waals surface area contributed by atoms with Crippen molar-refractivity contribution in [1.82, 2.24) is 10.2 Å². The van der Waals surface area contributed by atoms with Crippen LogP contribution >= 0.6 is 22.9 Å². The van der Waals surface area contributed by atoms with Crippen molar-refractivity contribution in [3.63, 3.8) is 0 Å². The molecule has 7 nitrogen and oxygen atoms in total. The second-order valence-corrected chi connectivity index (χ2v) is 14.2. The third kappa shape index (κ3) is 6.82. The number of nitrogens with one attached hydrogen (secondary N) is 2. The Labute approximate surface area is 261 Å². The van der Waals surface area contributed by atoms with Crippen molar-refractivity contribution in [3.05, 3.63) is 81.4 Å². The van der Waals surface area contributed by atoms with Gasteiger partial charge in [-0.15, -0.1) is 11.3 Å². The van der Waals surface area contributed by atoms with E-state index in [9.17, 15) is 17.6 Å². The number of fused-ring (bicyclic) bond motifs is 1. The summed E-state index contributed by atoms with van der Waals surface area (Å²) < 4.78 is 46.6. The van der Waals surface area contributed by atoms with E-state index in [4.69, 9.17) is 16.3 Å². The number of ether oxygens (including phenoxy) is 1. The molecular weight excluding hydrogens is 609 g/mol. The minimum atomic E-state index is -3.39. The molecule has 1 saturated carbocycles. The Kier molecular flexibility index (Phi) is 9.31. The number of thiophene rings is 1. The van der Waals surface area contributed by atoms with E-state index in [1.807, 2.05) is 49.2 Å². The van der Waals surface area contributed by atoms with Gasteiger partial charge in [0.25, 0.3) is 5.91 Å². The van der Waals surface area contributed by atoms with Crippen molar-refractivity contribution >= 4 is 54.6 Å². The first-order valence-corrected chi connectivity index (χ1v) is 17.2. The molecule has 1 heterocycles. The Hall–Kier alpha value is -3.18. The van der Waals surface area contributed by atoms with Gasteiger partial charge in [0.2, 0.25) is 10.0 Å². The number of methoxy groups -OCH3 is 1. The lowest BCUT2D eigenvalue weighted by atomic mass is 9.89. The van der Waals surface area contributed by atoms with Gasteiger partial charge < -0.3 is 15.0 Å². The molecule has 0 atom stereocenters. The maximum atomic E-state index is 14.8. The van der Waals surface area contributed by atoms with Crippen molar-refractivity contribution in [2.45, 2.75) is 51.2 Å². The van der Waals surface area contributed by atoms with Gasteiger partial charge in [-0.2, -0.15) is 0 Å². The van der Waals surface area contributed by atoms with Gasteiger partial charge in [0.1, 0.15) is 16.4 Å². The molecule has 0 aliphatic heterocycles. The number of sulfonamides is 1. The zero-order chi connectivity index (χ0) is 30.9. The molecule has 5 rings (SSSR count). The minimum absolute atomic E-state index is 0.0287. The number of rotatable bonds is 9. The molecule has 0 unspecified atom stereocenters. The van der Waals surface area contributed by atoms with E-state index < -0.39 is 10.0 Å². The molecule has 228 valence electrons. The van der Waals surface area contributed by atoms with Crippen LogP contribution in [0.25, 0.3) is 21.2 Å². The predicted octanol–water partition coefficient (Wildman–Crippen LogP) is 7.22. The van der Waals surface area contributed by atoms with Crippen LogP contribution in [-0.4, -0.2) is 51.7 Å². The SMILES string of the molecule is CN[C@H]1CC[C@H](N(Cc2cc(-c3ccc(NS(C)(=O)=O)cc3)ccc2OC)C(=O)c2sc3c(F)ccc(C)c3c2Cl)CC1. The van der Waals surface area contributed by atoms with Crippen LogP contribution in [0.4, 0.5) is 10.1 Å². The van der Waals surface area contributed by atoms with Gasteiger partial charge in [0, 0.05) is 35.3 Å². The van der Waals surface area contributed by atoms with Crippen LogP contribution in [0.2, 0.25) is 5.02 Å². The molecule has 1 aromatic heterocycles. The topological polar surface area (TPSA) is 87.7 Å². The summed E-state index contributed by atoms with van der Waals surface area (Å²) in [7, 11) is 0.175. The summed E-state index contributed by atoms with van der Waals surface area (Å²) in [4.78, 5) is 16.5. The second-order valence-electron chi connectivity index (χ2n) is 11.0. The van der Waals surface area contributed by atoms with E-state index >= 15 is 0 Å². The van der Waals surface area contributed by atoms with Crippen LogP contribution in [0.5, 0.6) is 5.75 Å². The molecule has 2 N–H and O–H groups in total. The maximum absolute atomic E-state index is 14.8. The third-order valence-electron chi connectivity index (χ3n) is 8.08. The van der Waals surface area contributed by atoms with Crippen molar-refractivity contribution in [2.75, 3.05) is 25.1 Å². The summed E-state index contributed by atoms with van der Waals surface area (Å²) in [5.41, 5.74) is 3.90. The van der Waals surface area contributed by atoms with Gasteiger partial charge in [-0.1, -0.05) is 35.9 Å². The van der Waals surface area contributed by atoms with E-state index in [2.05, 4.69) is 10.0 Å². The van der Waals surface area contributed by atoms with E-state index in [-0.39, 0.29) is 24.3 Å². The molecule has 43 heavy (non-hydrogen) atoms. The molecule has 1 amide bonds. The smallest absolute Gasteiger partial charge is 0.266 e. The van der Waals surface area contributed by atoms with Crippen LogP contribution in [0.1, 0.15) is 46.5 Å². The van der Waals surface area contributed by atoms with Gasteiger partial charge in [-0.25, -0.2) is 12.8 Å². The number of aryl methyl sites for hydroxylation is 1. The zero-order valence-electron chi connectivity index (χ0n) is 24.5. The van der Waals surface area contributed by atoms with Crippen molar-refractivity contribution < 1.29 is 22.3 Å². The standard InChI is InChI=1S/C32H35ClFN3O4S2/c1-19-5-15-26(34)30-28(19)29(33)31(42-30)32(38)37(25-13-11-23(35-2)12-14-25)18-22-17-21(8-16-27(22)41-3)20-6-9-24(10-7-20)36-43(4,39)40/h5-10,15-17,23,25,35-36H,11-14,18H2,1-4H3/t23-,25-. The van der Waals surface area contributed by atoms with E-state index in [0.29, 0.717) is 37.5 Å². The summed E-state index contributed by atoms with van der Waals surface area (Å²) in [5.74, 6) is 0.0338. The highest BCUT2D eigenvalue weighted by molar-refractivity contribution is 7.92. The quantitative estimate of drug-likeness (QED) is 0.201. The van der Waals surface area contributed by atoms with Gasteiger partial charge >= 0.3 is 0 Å². The lowest BCUT2D eigenvalue weighted by Crippen LogP contribution is -2.44. The first-order valence-electron chi connectivity index (χ1n) is 14.1. The maximum Gasteiger partial charge on any atom is 0.266 e. The monoisotopic (exact) mass is 643 g/mol. The van der Waals surface area contributed by atoms with Crippen LogP contribution < -0.4 is 14.8 Å². The summed E-state index contributed by atoms with van der Waals surface area (Å²) in [6.07, 6.45) is 4.63. The number of carbonyl (C=O) groups is 1. The molecule has 1 fully saturated rings. The van der Waals surface area contributed by atoms with E-state index in [1.165, 1.54) is 6.07 Å². The minimum Gasteiger partial charge on any atom is -0.496 e. The highest BCUT2D eigenvalue weighted by atomic mass is 35.5. The fraction of sp³-hybridized carbons (Fsp3) is 0.344. The van der Waals surface area contributed by atoms with Crippen LogP contribution in [-0.2, 0) is 16.6 Å². The summed E-state index contributed by atoms with van der Waals surface area (Å²) in [6, 6.07) is 16.4. The Morgan fingerprint density at radius 1 is 1.07 bits per heavy atom. The molecular formula is C32H35ClFN3O4S2. The van der Waals surface area contributed by atoms with Crippen molar-refractivity contribution in [1.29, 1.82) is 0 Å². The molecule has 4 aromatic rings. The van der Waals surface area contributed by atoms with Gasteiger partial charge in [0.15, 0.2) is 0 Å². The van der Waals surface area contributed by atoms with Crippen LogP contribution in [0, 0.1) is 12.7 Å². The predicted molar refractivity (Wildman–Crippen MR) is 173 cm³/mol. The molecule has 0 saturated heterocycles. The Balaban J connectivity index is 1.52. The largest absolute Gasteiger partial charge is 0.496 e. The average molecular weight is 644 g/mol. The number of hydrogen-bond acceptors (Lipinski definition) is 6. The second kappa shape index (κ2) is 12.8. The number of halogens is 2. The number of nitrogens with zero attached hydrogens (tertiary/aromatic N) is 1.